The van der Waals surface area contributed by atoms with Gasteiger partial charge in [-0.15, -0.1) is 0 Å². The van der Waals surface area contributed by atoms with E-state index in [9.17, 15) is 14.4 Å². The van der Waals surface area contributed by atoms with Gasteiger partial charge in [0.25, 0.3) is 0 Å². The van der Waals surface area contributed by atoms with Gasteiger partial charge in [-0.3, -0.25) is 14.4 Å². The van der Waals surface area contributed by atoms with Gasteiger partial charge in [0.2, 0.25) is 11.8 Å². The third kappa shape index (κ3) is 3.08. The molecule has 0 aromatic heterocycles. The highest BCUT2D eigenvalue weighted by Gasteiger charge is 2.68. The number of hydrogen-bond donors (Lipinski definition) is 0. The van der Waals surface area contributed by atoms with Crippen molar-refractivity contribution in [3.63, 3.8) is 0 Å². The molecule has 5 heteroatoms. The van der Waals surface area contributed by atoms with Crippen molar-refractivity contribution in [1.29, 1.82) is 0 Å². The first kappa shape index (κ1) is 22.7. The van der Waals surface area contributed by atoms with Gasteiger partial charge in [-0.05, 0) is 46.9 Å². The maximum absolute atomic E-state index is 14.3. The molecule has 5 nitrogen and oxygen atoms in total. The Morgan fingerprint density at radius 2 is 1.39 bits per heavy atom. The fourth-order valence-corrected chi connectivity index (χ4v) is 6.98. The van der Waals surface area contributed by atoms with Crippen LogP contribution in [0.1, 0.15) is 46.6 Å². The van der Waals surface area contributed by atoms with E-state index < -0.39 is 17.3 Å². The van der Waals surface area contributed by atoms with E-state index in [2.05, 4.69) is 24.3 Å². The summed E-state index contributed by atoms with van der Waals surface area (Å²) in [5, 5.41) is 0. The Morgan fingerprint density at radius 3 is 2.05 bits per heavy atom. The lowest BCUT2D eigenvalue weighted by Gasteiger charge is -2.51. The van der Waals surface area contributed by atoms with Crippen LogP contribution in [0.2, 0.25) is 0 Å². The Kier molecular flexibility index (Phi) is 4.92. The van der Waals surface area contributed by atoms with Gasteiger partial charge in [0.1, 0.15) is 5.75 Å². The molecule has 1 heterocycles. The molecule has 1 fully saturated rings. The predicted octanol–water partition coefficient (Wildman–Crippen LogP) is 5.62. The Balaban J connectivity index is 1.26. The van der Waals surface area contributed by atoms with E-state index in [0.717, 1.165) is 27.8 Å². The summed E-state index contributed by atoms with van der Waals surface area (Å²) in [5.74, 6) is -1.42. The second-order valence-corrected chi connectivity index (χ2v) is 10.5. The number of benzene rings is 4. The molecule has 8 rings (SSSR count). The van der Waals surface area contributed by atoms with Gasteiger partial charge >= 0.3 is 5.97 Å². The lowest BCUT2D eigenvalue weighted by atomic mass is 9.48. The SMILES string of the molecule is C[C@@]12C(=O)N(c3cccc(OC(=O)Cc4ccccc4)c3)C(=O)[C@H]1C1c3ccccc3C2c2ccccc21. The molecule has 3 aliphatic carbocycles. The van der Waals surface area contributed by atoms with E-state index >= 15 is 0 Å². The third-order valence-corrected chi connectivity index (χ3v) is 8.51. The quantitative estimate of drug-likeness (QED) is 0.208. The molecular weight excluding hydrogens is 474 g/mol. The number of rotatable bonds is 4. The molecule has 38 heavy (non-hydrogen) atoms. The minimum Gasteiger partial charge on any atom is -0.426 e. The van der Waals surface area contributed by atoms with Gasteiger partial charge in [0.15, 0.2) is 0 Å². The molecule has 4 aliphatic rings. The van der Waals surface area contributed by atoms with Crippen LogP contribution in [0, 0.1) is 11.3 Å². The minimum absolute atomic E-state index is 0.132. The van der Waals surface area contributed by atoms with E-state index in [0.29, 0.717) is 11.4 Å². The Labute approximate surface area is 220 Å². The molecule has 0 unspecified atom stereocenters. The molecule has 186 valence electrons. The monoisotopic (exact) mass is 499 g/mol. The predicted molar refractivity (Wildman–Crippen MR) is 143 cm³/mol. The number of carbonyl (C=O) groups excluding carboxylic acids is 3. The van der Waals surface area contributed by atoms with Crippen molar-refractivity contribution >= 4 is 23.5 Å². The fourth-order valence-electron chi connectivity index (χ4n) is 6.98. The molecule has 2 amide bonds. The lowest BCUT2D eigenvalue weighted by Crippen LogP contribution is -2.49. The first-order chi connectivity index (χ1) is 18.5. The molecule has 2 atom stereocenters. The molecule has 4 aromatic rings. The van der Waals surface area contributed by atoms with E-state index in [1.807, 2.05) is 61.5 Å². The topological polar surface area (TPSA) is 63.7 Å². The first-order valence-electron chi connectivity index (χ1n) is 12.9. The Hall–Kier alpha value is -4.51. The molecular formula is C33H25NO4. The van der Waals surface area contributed by atoms with Crippen LogP contribution in [0.3, 0.4) is 0 Å². The zero-order valence-electron chi connectivity index (χ0n) is 20.8. The highest BCUT2D eigenvalue weighted by molar-refractivity contribution is 6.25. The summed E-state index contributed by atoms with van der Waals surface area (Å²) in [6.07, 6.45) is 0.132. The van der Waals surface area contributed by atoms with Crippen molar-refractivity contribution < 1.29 is 19.1 Å². The lowest BCUT2D eigenvalue weighted by molar-refractivity contribution is -0.133. The smallest absolute Gasteiger partial charge is 0.315 e. The van der Waals surface area contributed by atoms with E-state index in [1.165, 1.54) is 4.90 Å². The van der Waals surface area contributed by atoms with Crippen molar-refractivity contribution in [3.8, 4) is 5.75 Å². The largest absolute Gasteiger partial charge is 0.426 e. The number of esters is 1. The second-order valence-electron chi connectivity index (χ2n) is 10.5. The summed E-state index contributed by atoms with van der Waals surface area (Å²) in [4.78, 5) is 42.3. The summed E-state index contributed by atoms with van der Waals surface area (Å²) in [6.45, 7) is 1.95. The Bertz CT molecular complexity index is 1580. The van der Waals surface area contributed by atoms with Gasteiger partial charge in [-0.1, -0.05) is 84.9 Å². The van der Waals surface area contributed by atoms with Crippen LogP contribution >= 0.6 is 0 Å². The number of amides is 2. The van der Waals surface area contributed by atoms with E-state index in [4.69, 9.17) is 4.74 Å². The summed E-state index contributed by atoms with van der Waals surface area (Å²) < 4.78 is 5.60. The molecule has 2 bridgehead atoms. The van der Waals surface area contributed by atoms with Crippen molar-refractivity contribution in [2.75, 3.05) is 4.90 Å². The maximum Gasteiger partial charge on any atom is 0.315 e. The van der Waals surface area contributed by atoms with Crippen LogP contribution in [-0.4, -0.2) is 17.8 Å². The van der Waals surface area contributed by atoms with Crippen LogP contribution in [-0.2, 0) is 20.8 Å². The van der Waals surface area contributed by atoms with Crippen LogP contribution in [0.4, 0.5) is 5.69 Å². The summed E-state index contributed by atoms with van der Waals surface area (Å²) >= 11 is 0. The zero-order valence-corrected chi connectivity index (χ0v) is 20.8. The van der Waals surface area contributed by atoms with E-state index in [-0.39, 0.29) is 30.1 Å². The molecule has 1 aliphatic heterocycles. The number of carbonyl (C=O) groups is 3. The van der Waals surface area contributed by atoms with Crippen LogP contribution < -0.4 is 9.64 Å². The van der Waals surface area contributed by atoms with Crippen LogP contribution in [0.15, 0.2) is 103 Å². The standard InChI is InChI=1S/C33H25NO4/c1-33-29-25-16-7-5-14-23(25)28(24-15-6-8-17-26(24)29)30(33)31(36)34(32(33)37)21-12-9-13-22(19-21)38-27(35)18-20-10-3-2-4-11-20/h2-17,19,28-30H,18H2,1H3/t28?,29?,30-,33+/m1/s1. The van der Waals surface area contributed by atoms with Crippen LogP contribution in [0.25, 0.3) is 0 Å². The zero-order chi connectivity index (χ0) is 26.0. The molecule has 1 saturated heterocycles. The van der Waals surface area contributed by atoms with Crippen molar-refractivity contribution in [1.82, 2.24) is 0 Å². The average molecular weight is 500 g/mol. The van der Waals surface area contributed by atoms with Gasteiger partial charge < -0.3 is 4.74 Å². The molecule has 0 spiro atoms. The third-order valence-electron chi connectivity index (χ3n) is 8.51. The number of anilines is 1. The van der Waals surface area contributed by atoms with Gasteiger partial charge in [-0.2, -0.15) is 0 Å². The summed E-state index contributed by atoms with van der Waals surface area (Å²) in [6, 6.07) is 32.5. The fraction of sp³-hybridized carbons (Fsp3) is 0.182. The Morgan fingerprint density at radius 1 is 0.789 bits per heavy atom. The van der Waals surface area contributed by atoms with Gasteiger partial charge in [-0.25, -0.2) is 4.90 Å². The highest BCUT2D eigenvalue weighted by atomic mass is 16.5. The minimum atomic E-state index is -0.912. The summed E-state index contributed by atoms with van der Waals surface area (Å²) in [7, 11) is 0. The second kappa shape index (κ2) is 8.25. The number of nitrogens with zero attached hydrogens (tertiary/aromatic N) is 1. The number of hydrogen-bond acceptors (Lipinski definition) is 4. The van der Waals surface area contributed by atoms with E-state index in [1.54, 1.807) is 24.3 Å². The molecule has 0 N–H and O–H groups in total. The number of imide groups is 1. The molecule has 4 aromatic carbocycles. The normalized spacial score (nSPS) is 24.6. The van der Waals surface area contributed by atoms with Crippen molar-refractivity contribution in [2.45, 2.75) is 25.2 Å². The van der Waals surface area contributed by atoms with Crippen molar-refractivity contribution in [2.24, 2.45) is 11.3 Å². The van der Waals surface area contributed by atoms with Crippen molar-refractivity contribution in [3.05, 3.63) is 131 Å². The molecule has 0 saturated carbocycles. The van der Waals surface area contributed by atoms with Gasteiger partial charge in [0.05, 0.1) is 23.4 Å². The van der Waals surface area contributed by atoms with Gasteiger partial charge in [0, 0.05) is 17.9 Å². The number of ether oxygens (including phenoxy) is 1. The first-order valence-corrected chi connectivity index (χ1v) is 12.9. The average Bonchev–Trinajstić information content (AvgIpc) is 3.14. The van der Waals surface area contributed by atoms with Crippen LogP contribution in [0.5, 0.6) is 5.75 Å². The molecule has 0 radical (unpaired) electrons. The highest BCUT2D eigenvalue weighted by Crippen LogP contribution is 2.67. The maximum atomic E-state index is 14.3. The summed E-state index contributed by atoms with van der Waals surface area (Å²) in [5.41, 5.74) is 4.88.